The maximum absolute atomic E-state index is 11.9. The summed E-state index contributed by atoms with van der Waals surface area (Å²) in [5.41, 5.74) is 0. The van der Waals surface area contributed by atoms with Crippen molar-refractivity contribution in [2.75, 3.05) is 19.7 Å². The summed E-state index contributed by atoms with van der Waals surface area (Å²) in [6, 6.07) is 0.969. The number of likely N-dealkylation sites (tertiary alicyclic amines) is 1. The molecule has 0 aromatic carbocycles. The van der Waals surface area contributed by atoms with Gasteiger partial charge in [0.05, 0.1) is 0 Å². The molecule has 0 aromatic rings. The van der Waals surface area contributed by atoms with E-state index in [1.54, 1.807) is 0 Å². The Morgan fingerprint density at radius 3 is 2.41 bits per heavy atom. The first kappa shape index (κ1) is 17.5. The summed E-state index contributed by atoms with van der Waals surface area (Å²) >= 11 is 0. The third kappa shape index (κ3) is 5.43. The molecule has 2 fully saturated rings. The Kier molecular flexibility index (Phi) is 6.96. The summed E-state index contributed by atoms with van der Waals surface area (Å²) in [4.78, 5) is 14.6. The van der Waals surface area contributed by atoms with Gasteiger partial charge in [0, 0.05) is 24.7 Å². The maximum atomic E-state index is 11.9. The summed E-state index contributed by atoms with van der Waals surface area (Å²) in [6.07, 6.45) is 7.84. The lowest BCUT2D eigenvalue weighted by molar-refractivity contribution is 0.104. The summed E-state index contributed by atoms with van der Waals surface area (Å²) in [5, 5.41) is 14.8. The second-order valence-corrected chi connectivity index (χ2v) is 7.26. The zero-order chi connectivity index (χ0) is 15.9. The predicted octanol–water partition coefficient (Wildman–Crippen LogP) is 2.10. The van der Waals surface area contributed by atoms with Crippen molar-refractivity contribution in [2.24, 2.45) is 5.92 Å². The smallest absolute Gasteiger partial charge is 0.315 e. The van der Waals surface area contributed by atoms with E-state index < -0.39 is 0 Å². The van der Waals surface area contributed by atoms with Crippen molar-refractivity contribution >= 4 is 6.03 Å². The molecule has 2 rings (SSSR count). The molecule has 0 radical (unpaired) electrons. The highest BCUT2D eigenvalue weighted by Gasteiger charge is 2.28. The van der Waals surface area contributed by atoms with Crippen LogP contribution in [0, 0.1) is 5.92 Å². The number of piperidine rings is 1. The van der Waals surface area contributed by atoms with Crippen molar-refractivity contribution in [1.29, 1.82) is 0 Å². The van der Waals surface area contributed by atoms with Crippen molar-refractivity contribution in [3.8, 4) is 0 Å². The Hall–Kier alpha value is -0.810. The topological polar surface area (TPSA) is 64.6 Å². The van der Waals surface area contributed by atoms with Gasteiger partial charge in [0.1, 0.15) is 0 Å². The third-order valence-electron chi connectivity index (χ3n) is 5.31. The summed E-state index contributed by atoms with van der Waals surface area (Å²) in [6.45, 7) is 6.89. The minimum Gasteiger partial charge on any atom is -0.396 e. The van der Waals surface area contributed by atoms with Crippen molar-refractivity contribution in [3.05, 3.63) is 0 Å². The van der Waals surface area contributed by atoms with Crippen LogP contribution in [0.1, 0.15) is 58.8 Å². The van der Waals surface area contributed by atoms with Gasteiger partial charge < -0.3 is 20.6 Å². The van der Waals surface area contributed by atoms with Crippen LogP contribution in [-0.4, -0.2) is 53.9 Å². The summed E-state index contributed by atoms with van der Waals surface area (Å²) in [5.74, 6) is 0.888. The fourth-order valence-corrected chi connectivity index (χ4v) is 3.70. The van der Waals surface area contributed by atoms with Gasteiger partial charge in [0.2, 0.25) is 0 Å². The lowest BCUT2D eigenvalue weighted by Crippen LogP contribution is -2.49. The van der Waals surface area contributed by atoms with Gasteiger partial charge in [-0.3, -0.25) is 0 Å². The van der Waals surface area contributed by atoms with E-state index in [1.165, 1.54) is 38.8 Å². The van der Waals surface area contributed by atoms with E-state index in [9.17, 15) is 4.79 Å². The quantitative estimate of drug-likeness (QED) is 0.728. The van der Waals surface area contributed by atoms with Crippen LogP contribution < -0.4 is 10.6 Å². The Morgan fingerprint density at radius 2 is 1.82 bits per heavy atom. The standard InChI is InChI=1S/C17H33N3O2/c1-13-7-10-20(11-8-13)16-5-3-15(4-6-16)19-17(22)18-14(2)9-12-21/h13-16,21H,3-12H2,1-2H3,(H2,18,19,22)/t14-,15?,16?/m1/s1. The van der Waals surface area contributed by atoms with Crippen LogP contribution in [0.3, 0.4) is 0 Å². The Labute approximate surface area is 134 Å². The van der Waals surface area contributed by atoms with Crippen molar-refractivity contribution < 1.29 is 9.90 Å². The average Bonchev–Trinajstić information content (AvgIpc) is 2.49. The molecule has 3 N–H and O–H groups in total. The summed E-state index contributed by atoms with van der Waals surface area (Å²) < 4.78 is 0. The Balaban J connectivity index is 1.65. The minimum atomic E-state index is -0.0869. The molecule has 5 heteroatoms. The molecule has 0 aromatic heterocycles. The van der Waals surface area contributed by atoms with Gasteiger partial charge in [-0.1, -0.05) is 6.92 Å². The van der Waals surface area contributed by atoms with Crippen LogP contribution >= 0.6 is 0 Å². The monoisotopic (exact) mass is 311 g/mol. The first-order chi connectivity index (χ1) is 10.6. The van der Waals surface area contributed by atoms with E-state index in [2.05, 4.69) is 22.5 Å². The van der Waals surface area contributed by atoms with Crippen molar-refractivity contribution in [2.45, 2.75) is 76.9 Å². The number of aliphatic hydroxyl groups is 1. The molecule has 1 atom stereocenters. The fourth-order valence-electron chi connectivity index (χ4n) is 3.70. The molecule has 1 aliphatic carbocycles. The second-order valence-electron chi connectivity index (χ2n) is 7.26. The van der Waals surface area contributed by atoms with Crippen LogP contribution in [-0.2, 0) is 0 Å². The van der Waals surface area contributed by atoms with Crippen molar-refractivity contribution in [3.63, 3.8) is 0 Å². The van der Waals surface area contributed by atoms with Crippen LogP contribution in [0.15, 0.2) is 0 Å². The van der Waals surface area contributed by atoms with Crippen LogP contribution in [0.25, 0.3) is 0 Å². The number of urea groups is 1. The highest BCUT2D eigenvalue weighted by atomic mass is 16.3. The lowest BCUT2D eigenvalue weighted by Gasteiger charge is -2.40. The molecule has 128 valence electrons. The fraction of sp³-hybridized carbons (Fsp3) is 0.941. The second kappa shape index (κ2) is 8.73. The molecule has 2 amide bonds. The number of nitrogens with one attached hydrogen (secondary N) is 2. The molecule has 1 aliphatic heterocycles. The first-order valence-corrected chi connectivity index (χ1v) is 9.00. The molecule has 1 saturated heterocycles. The van der Waals surface area contributed by atoms with Gasteiger partial charge in [-0.05, 0) is 70.9 Å². The molecule has 0 spiro atoms. The van der Waals surface area contributed by atoms with Gasteiger partial charge in [-0.2, -0.15) is 0 Å². The molecule has 22 heavy (non-hydrogen) atoms. The number of amides is 2. The number of carbonyl (C=O) groups excluding carboxylic acids is 1. The van der Waals surface area contributed by atoms with Crippen molar-refractivity contribution in [1.82, 2.24) is 15.5 Å². The van der Waals surface area contributed by atoms with E-state index >= 15 is 0 Å². The van der Waals surface area contributed by atoms with E-state index in [-0.39, 0.29) is 18.7 Å². The maximum Gasteiger partial charge on any atom is 0.315 e. The highest BCUT2D eigenvalue weighted by molar-refractivity contribution is 5.74. The van der Waals surface area contributed by atoms with E-state index in [0.717, 1.165) is 24.8 Å². The van der Waals surface area contributed by atoms with Gasteiger partial charge in [0.25, 0.3) is 0 Å². The van der Waals surface area contributed by atoms with Gasteiger partial charge in [-0.25, -0.2) is 4.79 Å². The molecule has 1 saturated carbocycles. The Bertz CT molecular complexity index is 335. The average molecular weight is 311 g/mol. The molecular formula is C17H33N3O2. The third-order valence-corrected chi connectivity index (χ3v) is 5.31. The number of hydrogen-bond acceptors (Lipinski definition) is 3. The van der Waals surface area contributed by atoms with Gasteiger partial charge in [0.15, 0.2) is 0 Å². The van der Waals surface area contributed by atoms with Crippen LogP contribution in [0.2, 0.25) is 0 Å². The van der Waals surface area contributed by atoms with Crippen LogP contribution in [0.5, 0.6) is 0 Å². The number of rotatable bonds is 5. The number of aliphatic hydroxyl groups excluding tert-OH is 1. The highest BCUT2D eigenvalue weighted by Crippen LogP contribution is 2.27. The zero-order valence-electron chi connectivity index (χ0n) is 14.2. The molecule has 2 aliphatic rings. The number of nitrogens with zero attached hydrogens (tertiary/aromatic N) is 1. The van der Waals surface area contributed by atoms with E-state index in [1.807, 2.05) is 6.92 Å². The molecule has 0 unspecified atom stereocenters. The van der Waals surface area contributed by atoms with Crippen LogP contribution in [0.4, 0.5) is 4.79 Å². The zero-order valence-corrected chi connectivity index (χ0v) is 14.2. The Morgan fingerprint density at radius 1 is 1.18 bits per heavy atom. The largest absolute Gasteiger partial charge is 0.396 e. The number of hydrogen-bond donors (Lipinski definition) is 3. The predicted molar refractivity (Wildman–Crippen MR) is 88.8 cm³/mol. The van der Waals surface area contributed by atoms with E-state index in [4.69, 9.17) is 5.11 Å². The number of carbonyl (C=O) groups is 1. The molecule has 5 nitrogen and oxygen atoms in total. The molecule has 1 heterocycles. The molecule has 0 bridgehead atoms. The van der Waals surface area contributed by atoms with Gasteiger partial charge in [-0.15, -0.1) is 0 Å². The van der Waals surface area contributed by atoms with Gasteiger partial charge >= 0.3 is 6.03 Å². The normalized spacial score (nSPS) is 29.0. The first-order valence-electron chi connectivity index (χ1n) is 9.00. The van der Waals surface area contributed by atoms with E-state index in [0.29, 0.717) is 12.5 Å². The summed E-state index contributed by atoms with van der Waals surface area (Å²) in [7, 11) is 0. The molecular weight excluding hydrogens is 278 g/mol. The lowest BCUT2D eigenvalue weighted by atomic mass is 9.88. The minimum absolute atomic E-state index is 0.0247. The SMILES string of the molecule is CC1CCN(C2CCC(NC(=O)N[C@H](C)CCO)CC2)CC1.